The number of halogens is 3. The van der Waals surface area contributed by atoms with Crippen molar-refractivity contribution in [2.45, 2.75) is 13.5 Å². The van der Waals surface area contributed by atoms with Gasteiger partial charge >= 0.3 is 0 Å². The number of benzene rings is 2. The second-order valence-corrected chi connectivity index (χ2v) is 6.73. The molecule has 0 aliphatic heterocycles. The van der Waals surface area contributed by atoms with Crippen molar-refractivity contribution in [3.05, 3.63) is 74.6 Å². The number of nitrogens with one attached hydrogen (secondary N) is 1. The van der Waals surface area contributed by atoms with E-state index in [1.165, 1.54) is 0 Å². The van der Waals surface area contributed by atoms with Gasteiger partial charge in [0.15, 0.2) is 5.69 Å². The van der Waals surface area contributed by atoms with Gasteiger partial charge in [-0.2, -0.15) is 0 Å². The number of amides is 1. The van der Waals surface area contributed by atoms with Crippen molar-refractivity contribution in [2.75, 3.05) is 5.32 Å². The third-order valence-electron chi connectivity index (χ3n) is 3.50. The molecule has 8 heteroatoms. The van der Waals surface area contributed by atoms with Crippen molar-refractivity contribution < 1.29 is 14.1 Å². The minimum absolute atomic E-state index is 0.106. The van der Waals surface area contributed by atoms with Crippen LogP contribution in [-0.2, 0) is 6.61 Å². The molecular weight excluding hydrogens is 399 g/mol. The number of carbonyl (C=O) groups excluding carboxylic acids is 1. The van der Waals surface area contributed by atoms with Crippen molar-refractivity contribution >= 4 is 46.4 Å². The van der Waals surface area contributed by atoms with E-state index in [-0.39, 0.29) is 12.3 Å². The van der Waals surface area contributed by atoms with Crippen molar-refractivity contribution in [1.29, 1.82) is 0 Å². The number of aromatic nitrogens is 1. The predicted molar refractivity (Wildman–Crippen MR) is 101 cm³/mol. The second kappa shape index (κ2) is 7.99. The van der Waals surface area contributed by atoms with E-state index in [1.54, 1.807) is 49.4 Å². The van der Waals surface area contributed by atoms with Gasteiger partial charge in [-0.25, -0.2) is 0 Å². The van der Waals surface area contributed by atoms with Gasteiger partial charge in [0.1, 0.15) is 18.1 Å². The molecule has 0 unspecified atom stereocenters. The Kier molecular flexibility index (Phi) is 5.71. The van der Waals surface area contributed by atoms with Crippen molar-refractivity contribution in [3.63, 3.8) is 0 Å². The average Bonchev–Trinajstić information content (AvgIpc) is 2.93. The first kappa shape index (κ1) is 18.6. The molecule has 1 N–H and O–H groups in total. The first-order chi connectivity index (χ1) is 12.4. The predicted octanol–water partition coefficient (Wildman–Crippen LogP) is 5.77. The highest BCUT2D eigenvalue weighted by Gasteiger charge is 2.21. The number of aryl methyl sites for hydroxylation is 1. The van der Waals surface area contributed by atoms with E-state index < -0.39 is 5.91 Å². The van der Waals surface area contributed by atoms with Crippen LogP contribution in [0.15, 0.2) is 47.0 Å². The Bertz CT molecular complexity index is 936. The highest BCUT2D eigenvalue weighted by atomic mass is 35.5. The smallest absolute Gasteiger partial charge is 0.278 e. The van der Waals surface area contributed by atoms with E-state index in [0.29, 0.717) is 37.8 Å². The van der Waals surface area contributed by atoms with Crippen molar-refractivity contribution in [3.8, 4) is 5.75 Å². The summed E-state index contributed by atoms with van der Waals surface area (Å²) in [7, 11) is 0. The Labute approximate surface area is 164 Å². The van der Waals surface area contributed by atoms with Gasteiger partial charge < -0.3 is 14.6 Å². The number of anilines is 1. The average molecular weight is 412 g/mol. The molecule has 0 aliphatic rings. The minimum Gasteiger partial charge on any atom is -0.489 e. The number of carbonyl (C=O) groups is 1. The van der Waals surface area contributed by atoms with Crippen LogP contribution in [0.4, 0.5) is 5.69 Å². The Hall–Kier alpha value is -2.21. The van der Waals surface area contributed by atoms with Crippen LogP contribution in [0, 0.1) is 6.92 Å². The monoisotopic (exact) mass is 410 g/mol. The largest absolute Gasteiger partial charge is 0.489 e. The number of hydrogen-bond acceptors (Lipinski definition) is 4. The quantitative estimate of drug-likeness (QED) is 0.578. The zero-order chi connectivity index (χ0) is 18.7. The molecule has 1 amide bonds. The van der Waals surface area contributed by atoms with E-state index in [2.05, 4.69) is 10.5 Å². The van der Waals surface area contributed by atoms with Crippen LogP contribution < -0.4 is 10.1 Å². The van der Waals surface area contributed by atoms with Crippen LogP contribution in [0.5, 0.6) is 5.75 Å². The molecule has 5 nitrogen and oxygen atoms in total. The summed E-state index contributed by atoms with van der Waals surface area (Å²) in [5.74, 6) is 0.609. The Morgan fingerprint density at radius 3 is 2.54 bits per heavy atom. The molecule has 2 aromatic carbocycles. The molecule has 1 aromatic heterocycles. The molecule has 0 aliphatic carbocycles. The summed E-state index contributed by atoms with van der Waals surface area (Å²) in [5.41, 5.74) is 1.12. The molecule has 3 rings (SSSR count). The highest BCUT2D eigenvalue weighted by molar-refractivity contribution is 6.35. The maximum atomic E-state index is 12.5. The summed E-state index contributed by atoms with van der Waals surface area (Å²) >= 11 is 17.8. The van der Waals surface area contributed by atoms with Gasteiger partial charge in [0.2, 0.25) is 0 Å². The molecule has 0 radical (unpaired) electrons. The molecule has 0 fully saturated rings. The number of ether oxygens (including phenoxy) is 1. The summed E-state index contributed by atoms with van der Waals surface area (Å²) in [5, 5.41) is 7.90. The van der Waals surface area contributed by atoms with Crippen LogP contribution in [-0.4, -0.2) is 11.1 Å². The zero-order valence-corrected chi connectivity index (χ0v) is 15.8. The van der Waals surface area contributed by atoms with Crippen LogP contribution in [0.25, 0.3) is 0 Å². The van der Waals surface area contributed by atoms with Gasteiger partial charge in [-0.1, -0.05) is 46.0 Å². The zero-order valence-electron chi connectivity index (χ0n) is 13.6. The van der Waals surface area contributed by atoms with Gasteiger partial charge in [0.25, 0.3) is 5.91 Å². The summed E-state index contributed by atoms with van der Waals surface area (Å²) < 4.78 is 10.8. The van der Waals surface area contributed by atoms with Gasteiger partial charge in [-0.3, -0.25) is 4.79 Å². The maximum Gasteiger partial charge on any atom is 0.278 e. The number of rotatable bonds is 5. The summed E-state index contributed by atoms with van der Waals surface area (Å²) in [6, 6.07) is 11.7. The lowest BCUT2D eigenvalue weighted by Gasteiger charge is -2.08. The lowest BCUT2D eigenvalue weighted by atomic mass is 10.2. The third kappa shape index (κ3) is 4.49. The first-order valence-electron chi connectivity index (χ1n) is 7.53. The molecule has 0 saturated carbocycles. The molecule has 134 valence electrons. The number of nitrogens with zero attached hydrogens (tertiary/aromatic N) is 1. The fourth-order valence-electron chi connectivity index (χ4n) is 2.27. The summed E-state index contributed by atoms with van der Waals surface area (Å²) in [4.78, 5) is 12.5. The number of hydrogen-bond donors (Lipinski definition) is 1. The fraction of sp³-hybridized carbons (Fsp3) is 0.111. The van der Waals surface area contributed by atoms with E-state index in [0.717, 1.165) is 0 Å². The van der Waals surface area contributed by atoms with Gasteiger partial charge in [0, 0.05) is 20.8 Å². The first-order valence-corrected chi connectivity index (χ1v) is 8.67. The van der Waals surface area contributed by atoms with Gasteiger partial charge in [-0.05, 0) is 43.3 Å². The Morgan fingerprint density at radius 1 is 1.12 bits per heavy atom. The molecule has 26 heavy (non-hydrogen) atoms. The van der Waals surface area contributed by atoms with E-state index in [4.69, 9.17) is 44.1 Å². The molecule has 0 spiro atoms. The van der Waals surface area contributed by atoms with Crippen LogP contribution >= 0.6 is 34.8 Å². The molecular formula is C18H13Cl3N2O3. The minimum atomic E-state index is -0.454. The van der Waals surface area contributed by atoms with E-state index in [9.17, 15) is 4.79 Å². The Balaban J connectivity index is 1.77. The molecule has 0 saturated heterocycles. The van der Waals surface area contributed by atoms with E-state index >= 15 is 0 Å². The topological polar surface area (TPSA) is 64.4 Å². The normalized spacial score (nSPS) is 10.6. The third-order valence-corrected chi connectivity index (χ3v) is 4.17. The lowest BCUT2D eigenvalue weighted by Crippen LogP contribution is -2.15. The second-order valence-electron chi connectivity index (χ2n) is 5.42. The highest BCUT2D eigenvalue weighted by Crippen LogP contribution is 2.24. The van der Waals surface area contributed by atoms with Crippen molar-refractivity contribution in [2.24, 2.45) is 0 Å². The molecule has 0 atom stereocenters. The maximum absolute atomic E-state index is 12.5. The van der Waals surface area contributed by atoms with Crippen LogP contribution in [0.1, 0.15) is 21.8 Å². The molecule has 1 heterocycles. The SMILES string of the molecule is Cc1onc(C(=O)Nc2cc(Cl)cc(Cl)c2)c1COc1cccc(Cl)c1. The van der Waals surface area contributed by atoms with Crippen LogP contribution in [0.2, 0.25) is 15.1 Å². The van der Waals surface area contributed by atoms with Crippen LogP contribution in [0.3, 0.4) is 0 Å². The van der Waals surface area contributed by atoms with E-state index in [1.807, 2.05) is 0 Å². The summed E-state index contributed by atoms with van der Waals surface area (Å²) in [6.45, 7) is 1.81. The molecule has 0 bridgehead atoms. The lowest BCUT2D eigenvalue weighted by molar-refractivity contribution is 0.101. The Morgan fingerprint density at radius 2 is 1.85 bits per heavy atom. The fourth-order valence-corrected chi connectivity index (χ4v) is 2.97. The van der Waals surface area contributed by atoms with Gasteiger partial charge in [0.05, 0.1) is 5.56 Å². The molecule has 3 aromatic rings. The van der Waals surface area contributed by atoms with Crippen molar-refractivity contribution in [1.82, 2.24) is 5.16 Å². The van der Waals surface area contributed by atoms with Gasteiger partial charge in [-0.15, -0.1) is 0 Å². The summed E-state index contributed by atoms with van der Waals surface area (Å²) in [6.07, 6.45) is 0. The standard InChI is InChI=1S/C18H13Cl3N2O3/c1-10-16(9-25-15-4-2-3-11(19)8-15)17(23-26-10)18(24)22-14-6-12(20)5-13(21)7-14/h2-8H,9H2,1H3,(H,22,24).